The van der Waals surface area contributed by atoms with E-state index in [0.717, 1.165) is 25.9 Å². The Balaban J connectivity index is 1.32. The number of hydrogen-bond acceptors (Lipinski definition) is 6. The van der Waals surface area contributed by atoms with E-state index in [1.165, 1.54) is 42.4 Å². The smallest absolute Gasteiger partial charge is 0.244 e. The highest BCUT2D eigenvalue weighted by molar-refractivity contribution is 7.89. The van der Waals surface area contributed by atoms with Gasteiger partial charge in [0, 0.05) is 38.8 Å². The minimum Gasteiger partial charge on any atom is -0.339 e. The molecule has 1 atom stereocenters. The first kappa shape index (κ1) is 22.2. The van der Waals surface area contributed by atoms with E-state index >= 15 is 0 Å². The number of nitrogens with zero attached hydrogens (tertiary/aromatic N) is 5. The van der Waals surface area contributed by atoms with Gasteiger partial charge < -0.3 is 9.80 Å². The standard InChI is InChI=1S/C22H31N5O3S/c23-16-19-6-1-2-8-21(19)31(29,30)27-14-12-25(13-15-27)22(28)18-26-11-5-7-20(26)17-24-9-3-4-10-24/h1-2,6,8,20H,3-5,7,9-15,17-18H2. The number of nitriles is 1. The summed E-state index contributed by atoms with van der Waals surface area (Å²) in [5.74, 6) is 0.0859. The zero-order valence-corrected chi connectivity index (χ0v) is 18.8. The van der Waals surface area contributed by atoms with Crippen molar-refractivity contribution < 1.29 is 13.2 Å². The number of carbonyl (C=O) groups excluding carboxylic acids is 1. The van der Waals surface area contributed by atoms with Crippen molar-refractivity contribution in [2.75, 3.05) is 58.9 Å². The Morgan fingerprint density at radius 2 is 1.71 bits per heavy atom. The molecule has 0 N–H and O–H groups in total. The van der Waals surface area contributed by atoms with Crippen LogP contribution in [-0.4, -0.2) is 98.3 Å². The monoisotopic (exact) mass is 445 g/mol. The third kappa shape index (κ3) is 4.93. The fourth-order valence-corrected chi connectivity index (χ4v) is 6.51. The lowest BCUT2D eigenvalue weighted by molar-refractivity contribution is -0.133. The summed E-state index contributed by atoms with van der Waals surface area (Å²) in [6, 6.07) is 8.68. The topological polar surface area (TPSA) is 88.0 Å². The second-order valence-electron chi connectivity index (χ2n) is 8.67. The van der Waals surface area contributed by atoms with E-state index < -0.39 is 10.0 Å². The number of carbonyl (C=O) groups is 1. The van der Waals surface area contributed by atoms with Crippen molar-refractivity contribution in [3.8, 4) is 6.07 Å². The van der Waals surface area contributed by atoms with Gasteiger partial charge >= 0.3 is 0 Å². The highest BCUT2D eigenvalue weighted by atomic mass is 32.2. The maximum atomic E-state index is 13.0. The zero-order valence-electron chi connectivity index (χ0n) is 17.9. The van der Waals surface area contributed by atoms with Crippen LogP contribution in [0.2, 0.25) is 0 Å². The maximum absolute atomic E-state index is 13.0. The average molecular weight is 446 g/mol. The molecule has 0 aromatic heterocycles. The molecule has 0 radical (unpaired) electrons. The molecule has 1 amide bonds. The van der Waals surface area contributed by atoms with Crippen molar-refractivity contribution in [3.05, 3.63) is 29.8 Å². The minimum absolute atomic E-state index is 0.0408. The van der Waals surface area contributed by atoms with Crippen LogP contribution < -0.4 is 0 Å². The van der Waals surface area contributed by atoms with E-state index in [9.17, 15) is 18.5 Å². The van der Waals surface area contributed by atoms with Crippen LogP contribution in [-0.2, 0) is 14.8 Å². The van der Waals surface area contributed by atoms with E-state index in [2.05, 4.69) is 9.80 Å². The number of piperazine rings is 1. The summed E-state index contributed by atoms with van der Waals surface area (Å²) in [6.45, 7) is 6.06. The second kappa shape index (κ2) is 9.65. The molecule has 3 aliphatic heterocycles. The molecule has 3 fully saturated rings. The third-order valence-corrected chi connectivity index (χ3v) is 8.68. The molecule has 8 nitrogen and oxygen atoms in total. The van der Waals surface area contributed by atoms with Gasteiger partial charge in [0.15, 0.2) is 0 Å². The number of likely N-dealkylation sites (tertiary alicyclic amines) is 2. The Morgan fingerprint density at radius 3 is 2.42 bits per heavy atom. The maximum Gasteiger partial charge on any atom is 0.244 e. The first-order valence-electron chi connectivity index (χ1n) is 11.2. The third-order valence-electron chi connectivity index (χ3n) is 6.72. The van der Waals surface area contributed by atoms with Gasteiger partial charge in [-0.15, -0.1) is 0 Å². The van der Waals surface area contributed by atoms with Crippen LogP contribution in [0.5, 0.6) is 0 Å². The fraction of sp³-hybridized carbons (Fsp3) is 0.636. The molecular weight excluding hydrogens is 414 g/mol. The van der Waals surface area contributed by atoms with Crippen LogP contribution in [0.1, 0.15) is 31.2 Å². The van der Waals surface area contributed by atoms with Gasteiger partial charge in [0.2, 0.25) is 15.9 Å². The Labute approximate surface area is 185 Å². The molecule has 1 aromatic rings. The molecule has 0 aliphatic carbocycles. The molecule has 3 saturated heterocycles. The number of amides is 1. The predicted molar refractivity (Wildman–Crippen MR) is 117 cm³/mol. The number of sulfonamides is 1. The molecule has 4 rings (SSSR count). The molecule has 1 unspecified atom stereocenters. The molecule has 3 aliphatic rings. The molecule has 0 bridgehead atoms. The van der Waals surface area contributed by atoms with Gasteiger partial charge in [0.25, 0.3) is 0 Å². The fourth-order valence-electron chi connectivity index (χ4n) is 4.95. The van der Waals surface area contributed by atoms with Crippen LogP contribution in [0.4, 0.5) is 0 Å². The quantitative estimate of drug-likeness (QED) is 0.648. The van der Waals surface area contributed by atoms with Crippen molar-refractivity contribution in [2.24, 2.45) is 0 Å². The lowest BCUT2D eigenvalue weighted by Gasteiger charge is -2.36. The number of benzene rings is 1. The number of hydrogen-bond donors (Lipinski definition) is 0. The number of rotatable bonds is 6. The van der Waals surface area contributed by atoms with Gasteiger partial charge in [-0.1, -0.05) is 12.1 Å². The average Bonchev–Trinajstić information content (AvgIpc) is 3.46. The summed E-state index contributed by atoms with van der Waals surface area (Å²) < 4.78 is 27.4. The summed E-state index contributed by atoms with van der Waals surface area (Å²) in [5, 5.41) is 9.25. The van der Waals surface area contributed by atoms with Gasteiger partial charge in [-0.05, 0) is 57.5 Å². The summed E-state index contributed by atoms with van der Waals surface area (Å²) in [5.41, 5.74) is 0.152. The molecule has 0 saturated carbocycles. The normalized spacial score (nSPS) is 23.8. The van der Waals surface area contributed by atoms with Crippen LogP contribution >= 0.6 is 0 Å². The van der Waals surface area contributed by atoms with E-state index in [1.54, 1.807) is 17.0 Å². The lowest BCUT2D eigenvalue weighted by atomic mass is 10.2. The van der Waals surface area contributed by atoms with Crippen molar-refractivity contribution in [3.63, 3.8) is 0 Å². The minimum atomic E-state index is -3.74. The van der Waals surface area contributed by atoms with Gasteiger partial charge in [0.1, 0.15) is 6.07 Å². The van der Waals surface area contributed by atoms with Crippen molar-refractivity contribution >= 4 is 15.9 Å². The predicted octanol–water partition coefficient (Wildman–Crippen LogP) is 0.951. The van der Waals surface area contributed by atoms with Gasteiger partial charge in [-0.3, -0.25) is 9.69 Å². The Bertz CT molecular complexity index is 931. The molecule has 3 heterocycles. The summed E-state index contributed by atoms with van der Waals surface area (Å²) in [4.78, 5) is 19.6. The summed E-state index contributed by atoms with van der Waals surface area (Å²) in [7, 11) is -3.74. The summed E-state index contributed by atoms with van der Waals surface area (Å²) in [6.07, 6.45) is 4.83. The van der Waals surface area contributed by atoms with Crippen LogP contribution in [0.25, 0.3) is 0 Å². The Kier molecular flexibility index (Phi) is 6.92. The largest absolute Gasteiger partial charge is 0.339 e. The van der Waals surface area contributed by atoms with E-state index in [-0.39, 0.29) is 29.5 Å². The first-order valence-corrected chi connectivity index (χ1v) is 12.7. The molecule has 9 heteroatoms. The molecule has 1 aromatic carbocycles. The van der Waals surface area contributed by atoms with Gasteiger partial charge in [0.05, 0.1) is 17.0 Å². The van der Waals surface area contributed by atoms with Crippen molar-refractivity contribution in [1.29, 1.82) is 5.26 Å². The van der Waals surface area contributed by atoms with Gasteiger partial charge in [-0.25, -0.2) is 8.42 Å². The molecule has 168 valence electrons. The van der Waals surface area contributed by atoms with Crippen LogP contribution in [0.15, 0.2) is 29.2 Å². The van der Waals surface area contributed by atoms with E-state index in [1.807, 2.05) is 6.07 Å². The Hall–Kier alpha value is -1.99. The first-order chi connectivity index (χ1) is 15.0. The highest BCUT2D eigenvalue weighted by Crippen LogP contribution is 2.23. The van der Waals surface area contributed by atoms with E-state index in [0.29, 0.717) is 25.7 Å². The van der Waals surface area contributed by atoms with Crippen molar-refractivity contribution in [1.82, 2.24) is 19.0 Å². The zero-order chi connectivity index (χ0) is 21.8. The van der Waals surface area contributed by atoms with Crippen LogP contribution in [0, 0.1) is 11.3 Å². The van der Waals surface area contributed by atoms with Gasteiger partial charge in [-0.2, -0.15) is 9.57 Å². The molecular formula is C22H31N5O3S. The van der Waals surface area contributed by atoms with E-state index in [4.69, 9.17) is 0 Å². The summed E-state index contributed by atoms with van der Waals surface area (Å²) >= 11 is 0. The molecule has 31 heavy (non-hydrogen) atoms. The highest BCUT2D eigenvalue weighted by Gasteiger charge is 2.34. The Morgan fingerprint density at radius 1 is 1.00 bits per heavy atom. The van der Waals surface area contributed by atoms with Crippen LogP contribution in [0.3, 0.4) is 0 Å². The molecule has 0 spiro atoms. The lowest BCUT2D eigenvalue weighted by Crippen LogP contribution is -2.53. The van der Waals surface area contributed by atoms with Crippen molar-refractivity contribution in [2.45, 2.75) is 36.6 Å². The SMILES string of the molecule is N#Cc1ccccc1S(=O)(=O)N1CCN(C(=O)CN2CCCC2CN2CCCC2)CC1. The second-order valence-corrected chi connectivity index (χ2v) is 10.6.